The number of nitrogens with one attached hydrogen (secondary N) is 1. The summed E-state index contributed by atoms with van der Waals surface area (Å²) in [7, 11) is 0. The van der Waals surface area contributed by atoms with E-state index in [0.717, 1.165) is 18.4 Å². The molecule has 1 aromatic carbocycles. The molecule has 2 heterocycles. The van der Waals surface area contributed by atoms with Crippen molar-refractivity contribution >= 4 is 11.4 Å². The molecule has 0 atom stereocenters. The monoisotopic (exact) mass is 329 g/mol. The number of anilines is 1. The summed E-state index contributed by atoms with van der Waals surface area (Å²) in [5.74, 6) is 0.573. The number of hydrogen-bond donors (Lipinski definition) is 1. The average molecular weight is 329 g/mol. The fourth-order valence-corrected chi connectivity index (χ4v) is 2.57. The van der Waals surface area contributed by atoms with Crippen molar-refractivity contribution in [2.75, 3.05) is 18.5 Å². The second-order valence-electron chi connectivity index (χ2n) is 5.56. The summed E-state index contributed by atoms with van der Waals surface area (Å²) < 4.78 is 11.2. The molecule has 0 bridgehead atoms. The van der Waals surface area contributed by atoms with Crippen molar-refractivity contribution in [3.05, 3.63) is 58.3 Å². The molecule has 24 heavy (non-hydrogen) atoms. The average Bonchev–Trinajstić information content (AvgIpc) is 2.61. The maximum absolute atomic E-state index is 11.0. The van der Waals surface area contributed by atoms with E-state index in [1.807, 2.05) is 12.1 Å². The Hall–Kier alpha value is -2.67. The second-order valence-corrected chi connectivity index (χ2v) is 5.56. The van der Waals surface area contributed by atoms with Crippen LogP contribution in [0.1, 0.15) is 18.4 Å². The Morgan fingerprint density at radius 2 is 2.08 bits per heavy atom. The predicted molar refractivity (Wildman–Crippen MR) is 89.1 cm³/mol. The predicted octanol–water partition coefficient (Wildman–Crippen LogP) is 3.16. The third-order valence-electron chi connectivity index (χ3n) is 3.84. The maximum atomic E-state index is 11.0. The van der Waals surface area contributed by atoms with Crippen LogP contribution in [0.3, 0.4) is 0 Å². The van der Waals surface area contributed by atoms with Crippen LogP contribution in [0.25, 0.3) is 0 Å². The lowest BCUT2D eigenvalue weighted by Gasteiger charge is -2.22. The molecule has 1 saturated heterocycles. The van der Waals surface area contributed by atoms with Gasteiger partial charge >= 0.3 is 0 Å². The summed E-state index contributed by atoms with van der Waals surface area (Å²) in [5, 5.41) is 14.1. The Morgan fingerprint density at radius 1 is 1.29 bits per heavy atom. The van der Waals surface area contributed by atoms with E-state index in [1.165, 1.54) is 6.07 Å². The van der Waals surface area contributed by atoms with Crippen LogP contribution in [0.5, 0.6) is 5.88 Å². The molecular formula is C17H19N3O4. The van der Waals surface area contributed by atoms with Gasteiger partial charge in [0.2, 0.25) is 5.88 Å². The molecule has 0 amide bonds. The first kappa shape index (κ1) is 16.2. The van der Waals surface area contributed by atoms with Crippen LogP contribution in [-0.4, -0.2) is 29.2 Å². The highest BCUT2D eigenvalue weighted by Gasteiger charge is 2.16. The standard InChI is InChI=1S/C17H19N3O4/c21-20(22)16-4-2-1-3-15(16)19-12-13-5-8-18-17(11-13)24-14-6-9-23-10-7-14/h1-5,8,11,14,19H,6-7,9-10,12H2. The van der Waals surface area contributed by atoms with Gasteiger partial charge in [0.25, 0.3) is 5.69 Å². The molecule has 7 nitrogen and oxygen atoms in total. The van der Waals surface area contributed by atoms with Gasteiger partial charge in [-0.2, -0.15) is 0 Å². The minimum atomic E-state index is -0.394. The van der Waals surface area contributed by atoms with Gasteiger partial charge in [0.05, 0.1) is 18.1 Å². The Bertz CT molecular complexity index is 702. The van der Waals surface area contributed by atoms with Crippen molar-refractivity contribution in [3.63, 3.8) is 0 Å². The largest absolute Gasteiger partial charge is 0.474 e. The van der Waals surface area contributed by atoms with Crippen molar-refractivity contribution in [2.24, 2.45) is 0 Å². The maximum Gasteiger partial charge on any atom is 0.292 e. The molecule has 1 aliphatic heterocycles. The van der Waals surface area contributed by atoms with Crippen LogP contribution >= 0.6 is 0 Å². The Balaban J connectivity index is 1.63. The summed E-state index contributed by atoms with van der Waals surface area (Å²) >= 11 is 0. The number of benzene rings is 1. The molecule has 126 valence electrons. The zero-order valence-electron chi connectivity index (χ0n) is 13.2. The second kappa shape index (κ2) is 7.74. The lowest BCUT2D eigenvalue weighted by atomic mass is 10.1. The molecule has 0 radical (unpaired) electrons. The summed E-state index contributed by atoms with van der Waals surface area (Å²) in [6, 6.07) is 10.3. The van der Waals surface area contributed by atoms with Crippen molar-refractivity contribution in [1.82, 2.24) is 4.98 Å². The minimum absolute atomic E-state index is 0.0604. The van der Waals surface area contributed by atoms with E-state index >= 15 is 0 Å². The molecule has 3 rings (SSSR count). The topological polar surface area (TPSA) is 86.5 Å². The van der Waals surface area contributed by atoms with E-state index in [0.29, 0.717) is 31.3 Å². The van der Waals surface area contributed by atoms with Crippen molar-refractivity contribution < 1.29 is 14.4 Å². The van der Waals surface area contributed by atoms with Gasteiger partial charge in [0.15, 0.2) is 0 Å². The Kier molecular flexibility index (Phi) is 5.22. The molecule has 0 saturated carbocycles. The van der Waals surface area contributed by atoms with Gasteiger partial charge in [0, 0.05) is 37.7 Å². The third-order valence-corrected chi connectivity index (χ3v) is 3.84. The van der Waals surface area contributed by atoms with Crippen LogP contribution in [-0.2, 0) is 11.3 Å². The molecule has 0 spiro atoms. The summed E-state index contributed by atoms with van der Waals surface area (Å²) in [5.41, 5.74) is 1.50. The number of rotatable bonds is 6. The van der Waals surface area contributed by atoms with Crippen molar-refractivity contribution in [2.45, 2.75) is 25.5 Å². The van der Waals surface area contributed by atoms with Crippen LogP contribution in [0, 0.1) is 10.1 Å². The van der Waals surface area contributed by atoms with Gasteiger partial charge in [-0.05, 0) is 17.7 Å². The van der Waals surface area contributed by atoms with E-state index in [9.17, 15) is 10.1 Å². The van der Waals surface area contributed by atoms with Crippen LogP contribution in [0.15, 0.2) is 42.6 Å². The SMILES string of the molecule is O=[N+]([O-])c1ccccc1NCc1ccnc(OC2CCOCC2)c1. The van der Waals surface area contributed by atoms with Gasteiger partial charge in [-0.3, -0.25) is 10.1 Å². The number of nitrogens with zero attached hydrogens (tertiary/aromatic N) is 2. The van der Waals surface area contributed by atoms with Gasteiger partial charge < -0.3 is 14.8 Å². The summed E-state index contributed by atoms with van der Waals surface area (Å²) in [6.07, 6.45) is 3.54. The minimum Gasteiger partial charge on any atom is -0.474 e. The molecule has 1 aromatic heterocycles. The van der Waals surface area contributed by atoms with Crippen LogP contribution in [0.2, 0.25) is 0 Å². The first-order chi connectivity index (χ1) is 11.7. The zero-order chi connectivity index (χ0) is 16.8. The molecule has 0 aliphatic carbocycles. The normalized spacial score (nSPS) is 15.0. The third kappa shape index (κ3) is 4.20. The quantitative estimate of drug-likeness (QED) is 0.647. The Labute approximate surface area is 139 Å². The smallest absolute Gasteiger partial charge is 0.292 e. The fraction of sp³-hybridized carbons (Fsp3) is 0.353. The Morgan fingerprint density at radius 3 is 2.88 bits per heavy atom. The summed E-state index contributed by atoms with van der Waals surface area (Å²) in [4.78, 5) is 14.9. The van der Waals surface area contributed by atoms with E-state index in [2.05, 4.69) is 10.3 Å². The molecule has 2 aromatic rings. The molecular weight excluding hydrogens is 310 g/mol. The number of hydrogen-bond acceptors (Lipinski definition) is 6. The van der Waals surface area contributed by atoms with E-state index in [4.69, 9.17) is 9.47 Å². The van der Waals surface area contributed by atoms with Crippen LogP contribution < -0.4 is 10.1 Å². The van der Waals surface area contributed by atoms with E-state index in [1.54, 1.807) is 24.4 Å². The number of para-hydroxylation sites is 2. The molecule has 1 N–H and O–H groups in total. The van der Waals surface area contributed by atoms with Crippen LogP contribution in [0.4, 0.5) is 11.4 Å². The zero-order valence-corrected chi connectivity index (χ0v) is 13.2. The van der Waals surface area contributed by atoms with Gasteiger partial charge in [-0.15, -0.1) is 0 Å². The van der Waals surface area contributed by atoms with Gasteiger partial charge in [0.1, 0.15) is 11.8 Å². The molecule has 7 heteroatoms. The lowest BCUT2D eigenvalue weighted by Crippen LogP contribution is -2.26. The number of aromatic nitrogens is 1. The highest BCUT2D eigenvalue weighted by atomic mass is 16.6. The van der Waals surface area contributed by atoms with Gasteiger partial charge in [-0.25, -0.2) is 4.98 Å². The first-order valence-corrected chi connectivity index (χ1v) is 7.89. The summed E-state index contributed by atoms with van der Waals surface area (Å²) in [6.45, 7) is 1.88. The van der Waals surface area contributed by atoms with Gasteiger partial charge in [-0.1, -0.05) is 12.1 Å². The number of ether oxygens (including phenoxy) is 2. The lowest BCUT2D eigenvalue weighted by molar-refractivity contribution is -0.384. The first-order valence-electron chi connectivity index (χ1n) is 7.89. The molecule has 1 aliphatic rings. The van der Waals surface area contributed by atoms with E-state index < -0.39 is 4.92 Å². The van der Waals surface area contributed by atoms with Crippen molar-refractivity contribution in [3.8, 4) is 5.88 Å². The molecule has 0 unspecified atom stereocenters. The highest BCUT2D eigenvalue weighted by Crippen LogP contribution is 2.24. The molecule has 1 fully saturated rings. The fourth-order valence-electron chi connectivity index (χ4n) is 2.57. The number of nitro groups is 1. The number of pyridine rings is 1. The number of nitro benzene ring substituents is 1. The van der Waals surface area contributed by atoms with E-state index in [-0.39, 0.29) is 11.8 Å². The van der Waals surface area contributed by atoms with Crippen molar-refractivity contribution in [1.29, 1.82) is 0 Å². The highest BCUT2D eigenvalue weighted by molar-refractivity contribution is 5.61.